The maximum atomic E-state index is 13.3. The standard InChI is InChI=1S/C13H12BrFN4O/c1-6-7(2)18-19-13(11(6)12(16)17)20-10-4-8(14)3-9(15)5-10/h3-5H,1-2H3,(H3,16,17). The molecule has 0 atom stereocenters. The summed E-state index contributed by atoms with van der Waals surface area (Å²) in [5, 5.41) is 15.4. The van der Waals surface area contributed by atoms with Crippen LogP contribution in [-0.4, -0.2) is 16.0 Å². The van der Waals surface area contributed by atoms with E-state index in [0.717, 1.165) is 0 Å². The van der Waals surface area contributed by atoms with Crippen molar-refractivity contribution in [1.82, 2.24) is 10.2 Å². The van der Waals surface area contributed by atoms with Gasteiger partial charge < -0.3 is 10.5 Å². The molecule has 0 saturated carbocycles. The van der Waals surface area contributed by atoms with Crippen molar-refractivity contribution in [2.24, 2.45) is 5.73 Å². The Kier molecular flexibility index (Phi) is 3.99. The summed E-state index contributed by atoms with van der Waals surface area (Å²) in [4.78, 5) is 0. The molecule has 0 spiro atoms. The first kappa shape index (κ1) is 14.4. The van der Waals surface area contributed by atoms with Gasteiger partial charge in [-0.1, -0.05) is 15.9 Å². The van der Waals surface area contributed by atoms with E-state index in [4.69, 9.17) is 15.9 Å². The van der Waals surface area contributed by atoms with Gasteiger partial charge in [0.05, 0.1) is 11.3 Å². The number of aryl methyl sites for hydroxylation is 1. The summed E-state index contributed by atoms with van der Waals surface area (Å²) in [6, 6.07) is 4.11. The van der Waals surface area contributed by atoms with Crippen LogP contribution in [-0.2, 0) is 0 Å². The molecule has 1 aromatic carbocycles. The molecule has 0 saturated heterocycles. The molecule has 20 heavy (non-hydrogen) atoms. The SMILES string of the molecule is Cc1nnc(Oc2cc(F)cc(Br)c2)c(C(=N)N)c1C. The fraction of sp³-hybridized carbons (Fsp3) is 0.154. The third-order valence-corrected chi connectivity index (χ3v) is 3.20. The molecule has 0 bridgehead atoms. The first-order valence-electron chi connectivity index (χ1n) is 5.70. The molecule has 0 aliphatic rings. The molecular formula is C13H12BrFN4O. The smallest absolute Gasteiger partial charge is 0.250 e. The largest absolute Gasteiger partial charge is 0.437 e. The van der Waals surface area contributed by atoms with Crippen LogP contribution >= 0.6 is 15.9 Å². The Morgan fingerprint density at radius 2 is 2.00 bits per heavy atom. The zero-order valence-corrected chi connectivity index (χ0v) is 12.5. The Bertz CT molecular complexity index is 670. The third kappa shape index (κ3) is 2.93. The van der Waals surface area contributed by atoms with Crippen molar-refractivity contribution in [3.05, 3.63) is 45.3 Å². The number of aromatic nitrogens is 2. The lowest BCUT2D eigenvalue weighted by Crippen LogP contribution is -2.16. The highest BCUT2D eigenvalue weighted by Gasteiger charge is 2.16. The van der Waals surface area contributed by atoms with E-state index in [1.54, 1.807) is 19.9 Å². The molecule has 0 aliphatic carbocycles. The van der Waals surface area contributed by atoms with Gasteiger partial charge in [-0.25, -0.2) is 4.39 Å². The van der Waals surface area contributed by atoms with E-state index in [1.165, 1.54) is 12.1 Å². The number of nitrogens with two attached hydrogens (primary N) is 1. The van der Waals surface area contributed by atoms with Crippen LogP contribution in [0.25, 0.3) is 0 Å². The second-order valence-electron chi connectivity index (χ2n) is 4.21. The predicted molar refractivity (Wildman–Crippen MR) is 76.7 cm³/mol. The Balaban J connectivity index is 2.48. The van der Waals surface area contributed by atoms with E-state index in [9.17, 15) is 4.39 Å². The summed E-state index contributed by atoms with van der Waals surface area (Å²) in [6.07, 6.45) is 0. The van der Waals surface area contributed by atoms with Gasteiger partial charge >= 0.3 is 0 Å². The highest BCUT2D eigenvalue weighted by molar-refractivity contribution is 9.10. The summed E-state index contributed by atoms with van der Waals surface area (Å²) < 4.78 is 19.4. The van der Waals surface area contributed by atoms with Gasteiger partial charge in [0.25, 0.3) is 0 Å². The van der Waals surface area contributed by atoms with Crippen molar-refractivity contribution in [3.63, 3.8) is 0 Å². The highest BCUT2D eigenvalue weighted by atomic mass is 79.9. The van der Waals surface area contributed by atoms with Gasteiger partial charge in [-0.05, 0) is 31.5 Å². The van der Waals surface area contributed by atoms with Crippen LogP contribution in [0.5, 0.6) is 11.6 Å². The van der Waals surface area contributed by atoms with Gasteiger partial charge in [-0.15, -0.1) is 5.10 Å². The monoisotopic (exact) mass is 338 g/mol. The van der Waals surface area contributed by atoms with Crippen LogP contribution in [0.15, 0.2) is 22.7 Å². The van der Waals surface area contributed by atoms with Gasteiger partial charge in [-0.3, -0.25) is 5.41 Å². The molecule has 0 fully saturated rings. The number of benzene rings is 1. The Labute approximate surface area is 123 Å². The summed E-state index contributed by atoms with van der Waals surface area (Å²) in [7, 11) is 0. The second-order valence-corrected chi connectivity index (χ2v) is 5.13. The van der Waals surface area contributed by atoms with Crippen molar-refractivity contribution >= 4 is 21.8 Å². The Hall–Kier alpha value is -2.02. The molecule has 1 heterocycles. The number of hydrogen-bond acceptors (Lipinski definition) is 4. The van der Waals surface area contributed by atoms with Crippen LogP contribution in [0.4, 0.5) is 4.39 Å². The number of hydrogen-bond donors (Lipinski definition) is 2. The second kappa shape index (κ2) is 5.54. The molecule has 0 radical (unpaired) electrons. The van der Waals surface area contributed by atoms with E-state index >= 15 is 0 Å². The van der Waals surface area contributed by atoms with Crippen molar-refractivity contribution < 1.29 is 9.13 Å². The van der Waals surface area contributed by atoms with Crippen LogP contribution in [0.3, 0.4) is 0 Å². The molecule has 7 heteroatoms. The first-order chi connectivity index (χ1) is 9.38. The number of halogens is 2. The number of nitrogen functional groups attached to an aromatic ring is 1. The number of nitrogens with one attached hydrogen (secondary N) is 1. The average molecular weight is 339 g/mol. The lowest BCUT2D eigenvalue weighted by molar-refractivity contribution is 0.447. The minimum Gasteiger partial charge on any atom is -0.437 e. The molecule has 1 aromatic heterocycles. The highest BCUT2D eigenvalue weighted by Crippen LogP contribution is 2.28. The summed E-state index contributed by atoms with van der Waals surface area (Å²) in [6.45, 7) is 3.53. The van der Waals surface area contributed by atoms with Gasteiger partial charge in [0, 0.05) is 10.5 Å². The number of nitrogens with zero attached hydrogens (tertiary/aromatic N) is 2. The topological polar surface area (TPSA) is 84.9 Å². The number of amidine groups is 1. The maximum Gasteiger partial charge on any atom is 0.250 e. The van der Waals surface area contributed by atoms with Crippen LogP contribution in [0.2, 0.25) is 0 Å². The summed E-state index contributed by atoms with van der Waals surface area (Å²) >= 11 is 3.18. The molecule has 3 N–H and O–H groups in total. The molecular weight excluding hydrogens is 327 g/mol. The summed E-state index contributed by atoms with van der Waals surface area (Å²) in [5.41, 5.74) is 7.27. The van der Waals surface area contributed by atoms with Gasteiger partial charge in [0.2, 0.25) is 5.88 Å². The fourth-order valence-corrected chi connectivity index (χ4v) is 2.12. The van der Waals surface area contributed by atoms with Gasteiger partial charge in [0.15, 0.2) is 0 Å². The van der Waals surface area contributed by atoms with Crippen LogP contribution < -0.4 is 10.5 Å². The molecule has 2 aromatic rings. The van der Waals surface area contributed by atoms with Crippen LogP contribution in [0, 0.1) is 25.1 Å². The third-order valence-electron chi connectivity index (χ3n) is 2.74. The lowest BCUT2D eigenvalue weighted by atomic mass is 10.1. The maximum absolute atomic E-state index is 13.3. The average Bonchev–Trinajstić information content (AvgIpc) is 2.32. The van der Waals surface area contributed by atoms with Crippen LogP contribution in [0.1, 0.15) is 16.8 Å². The molecule has 2 rings (SSSR count). The molecule has 0 aliphatic heterocycles. The minimum atomic E-state index is -0.449. The van der Waals surface area contributed by atoms with E-state index in [2.05, 4.69) is 26.1 Å². The molecule has 0 amide bonds. The van der Waals surface area contributed by atoms with Gasteiger partial charge in [0.1, 0.15) is 17.4 Å². The number of ether oxygens (including phenoxy) is 1. The quantitative estimate of drug-likeness (QED) is 0.665. The number of rotatable bonds is 3. The van der Waals surface area contributed by atoms with Crippen molar-refractivity contribution in [3.8, 4) is 11.6 Å². The lowest BCUT2D eigenvalue weighted by Gasteiger charge is -2.12. The van der Waals surface area contributed by atoms with Crippen molar-refractivity contribution in [2.75, 3.05) is 0 Å². The Morgan fingerprint density at radius 3 is 2.60 bits per heavy atom. The Morgan fingerprint density at radius 1 is 1.30 bits per heavy atom. The summed E-state index contributed by atoms with van der Waals surface area (Å²) in [5.74, 6) is -0.295. The normalized spacial score (nSPS) is 10.4. The fourth-order valence-electron chi connectivity index (χ4n) is 1.67. The zero-order valence-electron chi connectivity index (χ0n) is 10.9. The molecule has 5 nitrogen and oxygen atoms in total. The van der Waals surface area contributed by atoms with Crippen molar-refractivity contribution in [1.29, 1.82) is 5.41 Å². The first-order valence-corrected chi connectivity index (χ1v) is 6.50. The zero-order chi connectivity index (χ0) is 14.9. The predicted octanol–water partition coefficient (Wildman–Crippen LogP) is 3.07. The minimum absolute atomic E-state index is 0.0816. The van der Waals surface area contributed by atoms with Crippen molar-refractivity contribution in [2.45, 2.75) is 13.8 Å². The van der Waals surface area contributed by atoms with E-state index in [-0.39, 0.29) is 17.5 Å². The van der Waals surface area contributed by atoms with E-state index in [0.29, 0.717) is 21.3 Å². The van der Waals surface area contributed by atoms with E-state index in [1.807, 2.05) is 0 Å². The van der Waals surface area contributed by atoms with E-state index < -0.39 is 5.82 Å². The molecule has 104 valence electrons. The molecule has 0 unspecified atom stereocenters. The van der Waals surface area contributed by atoms with Gasteiger partial charge in [-0.2, -0.15) is 5.10 Å².